The summed E-state index contributed by atoms with van der Waals surface area (Å²) in [7, 11) is 0. The predicted molar refractivity (Wildman–Crippen MR) is 104 cm³/mol. The van der Waals surface area contributed by atoms with Gasteiger partial charge in [-0.3, -0.25) is 9.48 Å². The Balaban J connectivity index is 1.62. The van der Waals surface area contributed by atoms with Crippen molar-refractivity contribution < 1.29 is 9.90 Å². The van der Waals surface area contributed by atoms with E-state index in [1.165, 1.54) is 12.3 Å². The molecule has 1 heterocycles. The van der Waals surface area contributed by atoms with Crippen molar-refractivity contribution >= 4 is 39.7 Å². The van der Waals surface area contributed by atoms with E-state index in [1.807, 2.05) is 24.3 Å². The van der Waals surface area contributed by atoms with Crippen molar-refractivity contribution in [1.82, 2.24) is 15.2 Å². The van der Waals surface area contributed by atoms with Crippen LogP contribution >= 0.6 is 27.5 Å². The molecule has 1 aromatic heterocycles. The highest BCUT2D eigenvalue weighted by molar-refractivity contribution is 9.10. The lowest BCUT2D eigenvalue weighted by Gasteiger charge is -2.02. The highest BCUT2D eigenvalue weighted by atomic mass is 79.9. The molecule has 26 heavy (non-hydrogen) atoms. The number of phenolic OH excluding ortho intramolecular Hbond substituents is 1. The fourth-order valence-corrected chi connectivity index (χ4v) is 2.64. The predicted octanol–water partition coefficient (Wildman–Crippen LogP) is 3.82. The van der Waals surface area contributed by atoms with Gasteiger partial charge < -0.3 is 5.11 Å². The maximum atomic E-state index is 12.1. The van der Waals surface area contributed by atoms with Crippen molar-refractivity contribution in [3.8, 4) is 5.75 Å². The lowest BCUT2D eigenvalue weighted by molar-refractivity contribution is 0.0949. The summed E-state index contributed by atoms with van der Waals surface area (Å²) in [5.74, 6) is -0.427. The third kappa shape index (κ3) is 4.71. The van der Waals surface area contributed by atoms with E-state index in [0.29, 0.717) is 17.1 Å². The molecule has 0 spiro atoms. The number of hydrogen-bond donors (Lipinski definition) is 2. The number of aromatic hydroxyl groups is 1. The monoisotopic (exact) mass is 432 g/mol. The molecule has 0 radical (unpaired) electrons. The molecule has 2 aromatic carbocycles. The molecule has 1 amide bonds. The van der Waals surface area contributed by atoms with Crippen molar-refractivity contribution in [2.45, 2.75) is 6.54 Å². The van der Waals surface area contributed by atoms with Gasteiger partial charge in [-0.05, 0) is 42.0 Å². The molecular weight excluding hydrogens is 420 g/mol. The number of carbonyl (C=O) groups is 1. The minimum absolute atomic E-state index is 0.0196. The Morgan fingerprint density at radius 3 is 2.81 bits per heavy atom. The summed E-state index contributed by atoms with van der Waals surface area (Å²) < 4.78 is 2.68. The fraction of sp³-hybridized carbons (Fsp3) is 0.0556. The molecule has 0 unspecified atom stereocenters. The van der Waals surface area contributed by atoms with E-state index in [2.05, 4.69) is 31.6 Å². The molecule has 8 heteroatoms. The van der Waals surface area contributed by atoms with E-state index in [9.17, 15) is 9.90 Å². The number of carbonyl (C=O) groups excluding carboxylic acids is 1. The van der Waals surface area contributed by atoms with E-state index in [4.69, 9.17) is 11.6 Å². The van der Waals surface area contributed by atoms with Crippen molar-refractivity contribution in [3.63, 3.8) is 0 Å². The largest absolute Gasteiger partial charge is 0.507 e. The highest BCUT2D eigenvalue weighted by Gasteiger charge is 2.09. The van der Waals surface area contributed by atoms with Crippen LogP contribution in [0.2, 0.25) is 5.02 Å². The number of nitrogens with one attached hydrogen (secondary N) is 1. The van der Waals surface area contributed by atoms with E-state index >= 15 is 0 Å². The molecule has 132 valence electrons. The Labute approximate surface area is 163 Å². The Kier molecular flexibility index (Phi) is 5.70. The quantitative estimate of drug-likeness (QED) is 0.474. The van der Waals surface area contributed by atoms with Gasteiger partial charge in [0, 0.05) is 21.3 Å². The van der Waals surface area contributed by atoms with Crippen molar-refractivity contribution in [3.05, 3.63) is 81.0 Å². The van der Waals surface area contributed by atoms with Gasteiger partial charge in [-0.1, -0.05) is 39.7 Å². The third-order valence-corrected chi connectivity index (χ3v) is 4.25. The smallest absolute Gasteiger partial charge is 0.291 e. The van der Waals surface area contributed by atoms with Crippen LogP contribution in [-0.4, -0.2) is 27.0 Å². The number of hydrazone groups is 1. The van der Waals surface area contributed by atoms with Crippen LogP contribution < -0.4 is 5.43 Å². The van der Waals surface area contributed by atoms with E-state index in [0.717, 1.165) is 10.0 Å². The van der Waals surface area contributed by atoms with Gasteiger partial charge in [0.15, 0.2) is 5.69 Å². The van der Waals surface area contributed by atoms with Crippen molar-refractivity contribution in [2.24, 2.45) is 5.10 Å². The number of benzene rings is 2. The van der Waals surface area contributed by atoms with Crippen LogP contribution in [0.15, 0.2) is 64.3 Å². The maximum Gasteiger partial charge on any atom is 0.291 e. The number of aromatic nitrogens is 2. The lowest BCUT2D eigenvalue weighted by Crippen LogP contribution is -2.18. The number of halogens is 2. The molecule has 0 saturated heterocycles. The maximum absolute atomic E-state index is 12.1. The Hall–Kier alpha value is -2.64. The number of rotatable bonds is 5. The van der Waals surface area contributed by atoms with Gasteiger partial charge in [0.2, 0.25) is 0 Å². The molecule has 0 fully saturated rings. The zero-order valence-corrected chi connectivity index (χ0v) is 15.8. The minimum atomic E-state index is -0.447. The van der Waals surface area contributed by atoms with Crippen LogP contribution in [0.25, 0.3) is 0 Å². The van der Waals surface area contributed by atoms with Crippen LogP contribution in [-0.2, 0) is 6.54 Å². The van der Waals surface area contributed by atoms with E-state index in [-0.39, 0.29) is 11.4 Å². The number of amides is 1. The Morgan fingerprint density at radius 1 is 1.27 bits per heavy atom. The van der Waals surface area contributed by atoms with Crippen LogP contribution in [0.5, 0.6) is 5.75 Å². The average molecular weight is 434 g/mol. The van der Waals surface area contributed by atoms with Crippen LogP contribution in [0, 0.1) is 0 Å². The van der Waals surface area contributed by atoms with Crippen molar-refractivity contribution in [1.29, 1.82) is 0 Å². The first-order chi connectivity index (χ1) is 12.5. The number of nitrogens with zero attached hydrogens (tertiary/aromatic N) is 3. The van der Waals surface area contributed by atoms with E-state index in [1.54, 1.807) is 29.1 Å². The molecule has 3 rings (SSSR count). The van der Waals surface area contributed by atoms with Gasteiger partial charge in [-0.2, -0.15) is 10.2 Å². The molecule has 0 aliphatic heterocycles. The van der Waals surface area contributed by atoms with E-state index < -0.39 is 5.91 Å². The summed E-state index contributed by atoms with van der Waals surface area (Å²) in [6.07, 6.45) is 3.04. The Bertz CT molecular complexity index is 954. The van der Waals surface area contributed by atoms with Crippen LogP contribution in [0.1, 0.15) is 21.6 Å². The summed E-state index contributed by atoms with van der Waals surface area (Å²) in [4.78, 5) is 12.1. The molecule has 3 aromatic rings. The molecule has 0 saturated carbocycles. The zero-order chi connectivity index (χ0) is 18.5. The fourth-order valence-electron chi connectivity index (χ4n) is 2.19. The number of hydrogen-bond acceptors (Lipinski definition) is 4. The van der Waals surface area contributed by atoms with Crippen LogP contribution in [0.4, 0.5) is 0 Å². The molecule has 6 nitrogen and oxygen atoms in total. The summed E-state index contributed by atoms with van der Waals surface area (Å²) in [6, 6.07) is 14.0. The SMILES string of the molecule is O=C(N/N=C/c1cc(Cl)ccc1O)c1ccn(Cc2ccc(Br)cc2)n1. The molecule has 0 aliphatic carbocycles. The highest BCUT2D eigenvalue weighted by Crippen LogP contribution is 2.19. The normalized spacial score (nSPS) is 11.0. The number of phenols is 1. The summed E-state index contributed by atoms with van der Waals surface area (Å²) in [5.41, 5.74) is 4.09. The average Bonchev–Trinajstić information content (AvgIpc) is 3.08. The van der Waals surface area contributed by atoms with Gasteiger partial charge in [0.25, 0.3) is 5.91 Å². The Morgan fingerprint density at radius 2 is 2.04 bits per heavy atom. The van der Waals surface area contributed by atoms with Gasteiger partial charge in [-0.15, -0.1) is 0 Å². The lowest BCUT2D eigenvalue weighted by atomic mass is 10.2. The summed E-state index contributed by atoms with van der Waals surface area (Å²) in [5, 5.41) is 18.2. The second-order valence-corrected chi connectivity index (χ2v) is 6.78. The summed E-state index contributed by atoms with van der Waals surface area (Å²) >= 11 is 9.25. The first kappa shape index (κ1) is 18.2. The van der Waals surface area contributed by atoms with Gasteiger partial charge >= 0.3 is 0 Å². The molecule has 2 N–H and O–H groups in total. The molecular formula is C18H14BrClN4O2. The topological polar surface area (TPSA) is 79.5 Å². The second-order valence-electron chi connectivity index (χ2n) is 5.43. The first-order valence-electron chi connectivity index (χ1n) is 7.61. The standard InChI is InChI=1S/C18H14BrClN4O2/c19-14-3-1-12(2-4-14)11-24-8-7-16(23-24)18(26)22-21-10-13-9-15(20)5-6-17(13)25/h1-10,25H,11H2,(H,22,26)/b21-10+. The van der Waals surface area contributed by atoms with Gasteiger partial charge in [0.1, 0.15) is 5.75 Å². The zero-order valence-electron chi connectivity index (χ0n) is 13.4. The minimum Gasteiger partial charge on any atom is -0.507 e. The molecule has 0 atom stereocenters. The molecule has 0 aliphatic rings. The second kappa shape index (κ2) is 8.16. The summed E-state index contributed by atoms with van der Waals surface area (Å²) in [6.45, 7) is 0.556. The first-order valence-corrected chi connectivity index (χ1v) is 8.78. The van der Waals surface area contributed by atoms with Gasteiger partial charge in [0.05, 0.1) is 12.8 Å². The van der Waals surface area contributed by atoms with Crippen LogP contribution in [0.3, 0.4) is 0 Å². The molecule has 0 bridgehead atoms. The van der Waals surface area contributed by atoms with Crippen molar-refractivity contribution in [2.75, 3.05) is 0 Å². The third-order valence-electron chi connectivity index (χ3n) is 3.49. The van der Waals surface area contributed by atoms with Gasteiger partial charge in [-0.25, -0.2) is 5.43 Å².